The van der Waals surface area contributed by atoms with Crippen molar-refractivity contribution >= 4 is 79.0 Å². The van der Waals surface area contributed by atoms with Crippen LogP contribution in [0.5, 0.6) is 0 Å². The molecule has 3 nitrogen and oxygen atoms in total. The summed E-state index contributed by atoms with van der Waals surface area (Å²) in [6.45, 7) is -0.222. The second-order valence-electron chi connectivity index (χ2n) is 26.9. The van der Waals surface area contributed by atoms with Crippen LogP contribution in [0.25, 0.3) is 94.3 Å². The van der Waals surface area contributed by atoms with Gasteiger partial charge in [-0.2, -0.15) is 0 Å². The van der Waals surface area contributed by atoms with Gasteiger partial charge in [0.15, 0.2) is 0 Å². The summed E-state index contributed by atoms with van der Waals surface area (Å²) in [5.41, 5.74) is 38.4. The molecule has 15 aromatic carbocycles. The van der Waals surface area contributed by atoms with Gasteiger partial charge < -0.3 is 14.4 Å². The van der Waals surface area contributed by atoms with E-state index in [9.17, 15) is 0 Å². The zero-order valence-electron chi connectivity index (χ0n) is 52.3. The molecule has 2 spiro atoms. The van der Waals surface area contributed by atoms with Crippen LogP contribution in [0.4, 0.5) is 34.1 Å². The van der Waals surface area contributed by atoms with E-state index in [1.807, 2.05) is 0 Å². The van der Waals surface area contributed by atoms with Crippen molar-refractivity contribution in [3.05, 3.63) is 384 Å². The Hall–Kier alpha value is -12.2. The first kappa shape index (κ1) is 52.3. The van der Waals surface area contributed by atoms with Gasteiger partial charge in [-0.15, -0.1) is 0 Å². The molecular weight excluding hydrogens is 1160 g/mol. The largest absolute Gasteiger partial charge is 0.311 e. The average molecular weight is 1210 g/mol. The number of fused-ring (bicyclic) bond motifs is 27. The van der Waals surface area contributed by atoms with Crippen molar-refractivity contribution in [2.24, 2.45) is 0 Å². The third kappa shape index (κ3) is 6.58. The van der Waals surface area contributed by atoms with Crippen LogP contribution in [-0.4, -0.2) is 11.3 Å². The Kier molecular flexibility index (Phi) is 10.5. The Labute approximate surface area is 557 Å². The molecule has 442 valence electrons. The zero-order valence-corrected chi connectivity index (χ0v) is 52.3. The molecule has 6 aliphatic rings. The van der Waals surface area contributed by atoms with Gasteiger partial charge in [-0.1, -0.05) is 285 Å². The third-order valence-corrected chi connectivity index (χ3v) is 22.6. The summed E-state index contributed by atoms with van der Waals surface area (Å²) < 4.78 is 2.55. The molecule has 2 aliphatic heterocycles. The third-order valence-electron chi connectivity index (χ3n) is 22.6. The number of hydrogen-bond acceptors (Lipinski definition) is 2. The van der Waals surface area contributed by atoms with Gasteiger partial charge in [-0.3, -0.25) is 0 Å². The number of rotatable bonds is 5. The molecule has 0 saturated carbocycles. The van der Waals surface area contributed by atoms with E-state index in [-0.39, 0.29) is 6.71 Å². The Morgan fingerprint density at radius 3 is 1.20 bits per heavy atom. The monoisotopic (exact) mass is 1210 g/mol. The topological polar surface area (TPSA) is 11.4 Å². The van der Waals surface area contributed by atoms with Crippen LogP contribution in [0.15, 0.2) is 340 Å². The first-order valence-electron chi connectivity index (χ1n) is 33.7. The molecule has 4 heteroatoms. The van der Waals surface area contributed by atoms with Gasteiger partial charge in [-0.05, 0) is 177 Å². The van der Waals surface area contributed by atoms with E-state index in [0.29, 0.717) is 0 Å². The number of anilines is 6. The number of para-hydroxylation sites is 2. The van der Waals surface area contributed by atoms with Gasteiger partial charge in [0.25, 0.3) is 6.71 Å². The first-order valence-corrected chi connectivity index (χ1v) is 33.7. The minimum atomic E-state index is -0.668. The van der Waals surface area contributed by atoms with E-state index < -0.39 is 10.8 Å². The molecule has 0 bridgehead atoms. The van der Waals surface area contributed by atoms with Gasteiger partial charge in [0.2, 0.25) is 0 Å². The Morgan fingerprint density at radius 1 is 0.229 bits per heavy atom. The highest BCUT2D eigenvalue weighted by molar-refractivity contribution is 7.00. The predicted octanol–water partition coefficient (Wildman–Crippen LogP) is 20.9. The summed E-state index contributed by atoms with van der Waals surface area (Å²) in [5, 5.41) is 2.45. The Bertz CT molecular complexity index is 5900. The summed E-state index contributed by atoms with van der Waals surface area (Å²) in [6, 6.07) is 130. The van der Waals surface area contributed by atoms with Crippen molar-refractivity contribution in [3.8, 4) is 72.4 Å². The van der Waals surface area contributed by atoms with Gasteiger partial charge in [0.05, 0.1) is 33.2 Å². The lowest BCUT2D eigenvalue weighted by Gasteiger charge is -2.46. The minimum Gasteiger partial charge on any atom is -0.311 e. The van der Waals surface area contributed by atoms with Gasteiger partial charge in [0.1, 0.15) is 0 Å². The number of benzene rings is 15. The van der Waals surface area contributed by atoms with Crippen molar-refractivity contribution in [2.45, 2.75) is 10.8 Å². The standard InChI is InChI=1S/C92H56BN3/c1-3-24-57(25-4-1)59-46-49-61(50-47-59)94-84-51-48-60(58-26-5-2-6-27-58)52-80(84)93-81-55-72-68-33-12-17-39-75(68)91(73-37-15-7-28-63(73)64-29-8-16-38-74(64)91)79(72)56-86(81)96(88-54-62(53-87(94)90(88)93)95-82-43-21-13-34-69(82)70-35-14-22-44-83(70)95)85-45-23-36-71-67-32-11-20-42-78(67)92(89(71)85)76-40-18-9-30-65(76)66-31-10-19-41-77(66)92/h1-56H. The van der Waals surface area contributed by atoms with Crippen molar-refractivity contribution in [1.29, 1.82) is 0 Å². The maximum atomic E-state index is 2.78. The summed E-state index contributed by atoms with van der Waals surface area (Å²) in [7, 11) is 0. The van der Waals surface area contributed by atoms with E-state index in [2.05, 4.69) is 354 Å². The molecule has 0 unspecified atom stereocenters. The summed E-state index contributed by atoms with van der Waals surface area (Å²) in [6.07, 6.45) is 0. The Morgan fingerprint density at radius 2 is 0.646 bits per heavy atom. The minimum absolute atomic E-state index is 0.222. The molecule has 96 heavy (non-hydrogen) atoms. The molecule has 0 fully saturated rings. The van der Waals surface area contributed by atoms with Crippen LogP contribution in [0, 0.1) is 0 Å². The molecular formula is C92H56BN3. The van der Waals surface area contributed by atoms with Gasteiger partial charge in [0, 0.05) is 44.8 Å². The number of nitrogens with zero attached hydrogens (tertiary/aromatic N) is 3. The van der Waals surface area contributed by atoms with Crippen LogP contribution in [0.2, 0.25) is 0 Å². The summed E-state index contributed by atoms with van der Waals surface area (Å²) in [4.78, 5) is 5.39. The summed E-state index contributed by atoms with van der Waals surface area (Å²) in [5.74, 6) is 0. The first-order chi connectivity index (χ1) is 47.7. The molecule has 22 rings (SSSR count). The quantitative estimate of drug-likeness (QED) is 0.159. The fraction of sp³-hybridized carbons (Fsp3) is 0.0217. The molecule has 3 heterocycles. The molecule has 0 N–H and O–H groups in total. The highest BCUT2D eigenvalue weighted by atomic mass is 15.2. The van der Waals surface area contributed by atoms with Crippen molar-refractivity contribution < 1.29 is 0 Å². The lowest BCUT2D eigenvalue weighted by atomic mass is 9.33. The molecule has 0 atom stereocenters. The summed E-state index contributed by atoms with van der Waals surface area (Å²) >= 11 is 0. The maximum Gasteiger partial charge on any atom is 0.252 e. The molecule has 1 aromatic heterocycles. The fourth-order valence-corrected chi connectivity index (χ4v) is 19.0. The van der Waals surface area contributed by atoms with E-state index in [1.54, 1.807) is 0 Å². The smallest absolute Gasteiger partial charge is 0.252 e. The second kappa shape index (κ2) is 19.2. The van der Waals surface area contributed by atoms with Gasteiger partial charge in [-0.25, -0.2) is 0 Å². The number of hydrogen-bond donors (Lipinski definition) is 0. The van der Waals surface area contributed by atoms with Crippen LogP contribution in [-0.2, 0) is 10.8 Å². The van der Waals surface area contributed by atoms with Crippen LogP contribution in [0.3, 0.4) is 0 Å². The van der Waals surface area contributed by atoms with Crippen molar-refractivity contribution in [1.82, 2.24) is 4.57 Å². The highest BCUT2D eigenvalue weighted by Crippen LogP contribution is 2.67. The lowest BCUT2D eigenvalue weighted by molar-refractivity contribution is 0.790. The van der Waals surface area contributed by atoms with Crippen molar-refractivity contribution in [3.63, 3.8) is 0 Å². The van der Waals surface area contributed by atoms with E-state index in [0.717, 1.165) is 45.2 Å². The van der Waals surface area contributed by atoms with Crippen molar-refractivity contribution in [2.75, 3.05) is 9.80 Å². The van der Waals surface area contributed by atoms with Crippen LogP contribution >= 0.6 is 0 Å². The average Bonchev–Trinajstić information content (AvgIpc) is 1.46. The molecule has 0 radical (unpaired) electrons. The maximum absolute atomic E-state index is 2.78. The van der Waals surface area contributed by atoms with Gasteiger partial charge >= 0.3 is 0 Å². The molecule has 0 saturated heterocycles. The predicted molar refractivity (Wildman–Crippen MR) is 398 cm³/mol. The van der Waals surface area contributed by atoms with E-state index >= 15 is 0 Å². The second-order valence-corrected chi connectivity index (χ2v) is 26.9. The van der Waals surface area contributed by atoms with Crippen LogP contribution in [0.1, 0.15) is 44.5 Å². The number of aromatic nitrogens is 1. The normalized spacial score (nSPS) is 14.4. The van der Waals surface area contributed by atoms with Crippen LogP contribution < -0.4 is 26.2 Å². The fourth-order valence-electron chi connectivity index (χ4n) is 19.0. The molecule has 0 amide bonds. The molecule has 16 aromatic rings. The molecule has 4 aliphatic carbocycles. The van der Waals surface area contributed by atoms with E-state index in [1.165, 1.54) is 144 Å². The zero-order chi connectivity index (χ0) is 62.5. The Balaban J connectivity index is 0.927. The SMILES string of the molecule is c1ccc(-c2ccc(N3c4ccc(-c5ccccc5)cc4B4c5cc6c(cc5N(c5cccc7c5C5(c8ccccc8-c8ccccc85)c5ccccc5-7)c5cc(-n7c8ccccc8c8ccccc87)cc3c54)C3(c4ccccc4-c4ccccc43)c3ccccc3-6)cc2)cc1. The highest BCUT2D eigenvalue weighted by Gasteiger charge is 2.57. The van der Waals surface area contributed by atoms with E-state index in [4.69, 9.17) is 0 Å². The lowest BCUT2D eigenvalue weighted by Crippen LogP contribution is -2.61.